The predicted octanol–water partition coefficient (Wildman–Crippen LogP) is 3.73. The van der Waals surface area contributed by atoms with Crippen molar-refractivity contribution in [2.45, 2.75) is 6.42 Å². The summed E-state index contributed by atoms with van der Waals surface area (Å²) in [7, 11) is 0. The van der Waals surface area contributed by atoms with Crippen molar-refractivity contribution in [2.75, 3.05) is 0 Å². The van der Waals surface area contributed by atoms with Crippen molar-refractivity contribution >= 4 is 17.4 Å². The molecule has 0 saturated carbocycles. The van der Waals surface area contributed by atoms with E-state index in [4.69, 9.17) is 4.74 Å². The number of carbonyl (C=O) groups is 1. The minimum atomic E-state index is -0.133. The molecule has 1 aliphatic heterocycles. The number of ether oxygens (including phenoxy) is 1. The van der Waals surface area contributed by atoms with Gasteiger partial charge in [-0.1, -0.05) is 36.4 Å². The second kappa shape index (κ2) is 4.73. The molecule has 0 bridgehead atoms. The fourth-order valence-electron chi connectivity index (χ4n) is 2.46. The van der Waals surface area contributed by atoms with E-state index in [9.17, 15) is 4.79 Å². The van der Waals surface area contributed by atoms with Crippen LogP contribution in [0.4, 0.5) is 0 Å². The van der Waals surface area contributed by atoms with Gasteiger partial charge in [0.2, 0.25) is 0 Å². The first-order chi connectivity index (χ1) is 9.31. The maximum Gasteiger partial charge on any atom is 0.174 e. The van der Waals surface area contributed by atoms with Crippen LogP contribution in [-0.4, -0.2) is 5.78 Å². The van der Waals surface area contributed by atoms with Gasteiger partial charge in [-0.2, -0.15) is 0 Å². The Balaban J connectivity index is 2.14. The molecule has 2 nitrogen and oxygen atoms in total. The van der Waals surface area contributed by atoms with Gasteiger partial charge < -0.3 is 4.74 Å². The van der Waals surface area contributed by atoms with Crippen LogP contribution in [-0.2, 0) is 9.53 Å². The van der Waals surface area contributed by atoms with Gasteiger partial charge in [0.15, 0.2) is 5.78 Å². The zero-order valence-corrected chi connectivity index (χ0v) is 10.5. The van der Waals surface area contributed by atoms with Crippen molar-refractivity contribution in [3.05, 3.63) is 72.2 Å². The van der Waals surface area contributed by atoms with Gasteiger partial charge in [0, 0.05) is 5.92 Å². The molecule has 1 aliphatic carbocycles. The van der Waals surface area contributed by atoms with Gasteiger partial charge in [-0.3, -0.25) is 4.79 Å². The second-order valence-electron chi connectivity index (χ2n) is 4.60. The third-order valence-electron chi connectivity index (χ3n) is 3.40. The number of benzene rings is 1. The molecule has 1 atom stereocenters. The average Bonchev–Trinajstić information content (AvgIpc) is 2.61. The number of rotatable bonds is 2. The zero-order valence-electron chi connectivity index (χ0n) is 10.5. The molecule has 0 spiro atoms. The summed E-state index contributed by atoms with van der Waals surface area (Å²) in [6.45, 7) is 3.71. The average molecular weight is 250 g/mol. The Morgan fingerprint density at radius 3 is 2.95 bits per heavy atom. The van der Waals surface area contributed by atoms with Gasteiger partial charge in [-0.05, 0) is 29.7 Å². The second-order valence-corrected chi connectivity index (χ2v) is 4.60. The Morgan fingerprint density at radius 1 is 1.26 bits per heavy atom. The topological polar surface area (TPSA) is 26.3 Å². The Morgan fingerprint density at radius 2 is 2.11 bits per heavy atom. The predicted molar refractivity (Wildman–Crippen MR) is 75.9 cm³/mol. The van der Waals surface area contributed by atoms with Crippen LogP contribution in [0.25, 0.3) is 11.6 Å². The first kappa shape index (κ1) is 11.7. The van der Waals surface area contributed by atoms with Gasteiger partial charge in [0.25, 0.3) is 0 Å². The van der Waals surface area contributed by atoms with E-state index in [0.29, 0.717) is 17.8 Å². The number of fused-ring (bicyclic) bond motifs is 2. The van der Waals surface area contributed by atoms with Crippen molar-refractivity contribution in [3.8, 4) is 0 Å². The van der Waals surface area contributed by atoms with E-state index in [1.54, 1.807) is 12.3 Å². The first-order valence-corrected chi connectivity index (χ1v) is 6.31. The molecule has 0 N–H and O–H groups in total. The van der Waals surface area contributed by atoms with Crippen LogP contribution in [0.1, 0.15) is 17.5 Å². The molecule has 19 heavy (non-hydrogen) atoms. The Kier molecular flexibility index (Phi) is 2.92. The van der Waals surface area contributed by atoms with E-state index in [1.807, 2.05) is 42.5 Å². The van der Waals surface area contributed by atoms with Crippen LogP contribution in [0, 0.1) is 5.92 Å². The minimum absolute atomic E-state index is 0.105. The molecule has 0 saturated heterocycles. The fourth-order valence-corrected chi connectivity index (χ4v) is 2.46. The van der Waals surface area contributed by atoms with Crippen molar-refractivity contribution < 1.29 is 9.53 Å². The quantitative estimate of drug-likeness (QED) is 0.747. The lowest BCUT2D eigenvalue weighted by Gasteiger charge is -2.19. The molecule has 1 heterocycles. The Labute approximate surface area is 112 Å². The molecular weight excluding hydrogens is 236 g/mol. The van der Waals surface area contributed by atoms with E-state index in [0.717, 1.165) is 11.1 Å². The summed E-state index contributed by atoms with van der Waals surface area (Å²) < 4.78 is 5.55. The number of hydrogen-bond donors (Lipinski definition) is 0. The lowest BCUT2D eigenvalue weighted by Crippen LogP contribution is -2.18. The highest BCUT2D eigenvalue weighted by molar-refractivity contribution is 6.25. The van der Waals surface area contributed by atoms with Crippen molar-refractivity contribution in [1.29, 1.82) is 0 Å². The number of ketones is 1. The van der Waals surface area contributed by atoms with E-state index in [2.05, 4.69) is 6.58 Å². The van der Waals surface area contributed by atoms with Gasteiger partial charge >= 0.3 is 0 Å². The largest absolute Gasteiger partial charge is 0.464 e. The summed E-state index contributed by atoms with van der Waals surface area (Å²) in [4.78, 5) is 12.6. The van der Waals surface area contributed by atoms with Gasteiger partial charge in [0.1, 0.15) is 5.76 Å². The number of hydrogen-bond acceptors (Lipinski definition) is 2. The van der Waals surface area contributed by atoms with Crippen LogP contribution < -0.4 is 0 Å². The van der Waals surface area contributed by atoms with E-state index in [1.165, 1.54) is 0 Å². The molecule has 2 heteroatoms. The van der Waals surface area contributed by atoms with Gasteiger partial charge in [-0.15, -0.1) is 6.58 Å². The molecular formula is C17H14O2. The normalized spacial score (nSPS) is 20.4. The van der Waals surface area contributed by atoms with Crippen LogP contribution in [0.3, 0.4) is 0 Å². The van der Waals surface area contributed by atoms with Gasteiger partial charge in [-0.25, -0.2) is 0 Å². The summed E-state index contributed by atoms with van der Waals surface area (Å²) in [5, 5.41) is 0. The highest BCUT2D eigenvalue weighted by Crippen LogP contribution is 2.34. The van der Waals surface area contributed by atoms with Crippen LogP contribution >= 0.6 is 0 Å². The maximum absolute atomic E-state index is 12.6. The van der Waals surface area contributed by atoms with Crippen molar-refractivity contribution in [3.63, 3.8) is 0 Å². The number of Topliss-reactive ketones (excluding diaryl/α,β-unsaturated/α-hetero) is 1. The molecule has 2 aliphatic rings. The van der Waals surface area contributed by atoms with E-state index < -0.39 is 0 Å². The molecule has 0 aromatic heterocycles. The van der Waals surface area contributed by atoms with E-state index in [-0.39, 0.29) is 11.7 Å². The highest BCUT2D eigenvalue weighted by Gasteiger charge is 2.29. The summed E-state index contributed by atoms with van der Waals surface area (Å²) in [6, 6.07) is 7.85. The standard InChI is InChI=1S/C17H14O2/c1-2-5-13-8-9-15-16(17(13)18)14-7-4-3-6-12(14)10-11-19-15/h2-4,6-11,13H,1,5H2. The van der Waals surface area contributed by atoms with Crippen LogP contribution in [0.2, 0.25) is 0 Å². The van der Waals surface area contributed by atoms with Gasteiger partial charge in [0.05, 0.1) is 11.8 Å². The lowest BCUT2D eigenvalue weighted by molar-refractivity contribution is -0.116. The monoisotopic (exact) mass is 250 g/mol. The molecule has 1 aromatic rings. The van der Waals surface area contributed by atoms with Crippen LogP contribution in [0.15, 0.2) is 61.1 Å². The third kappa shape index (κ3) is 1.95. The summed E-state index contributed by atoms with van der Waals surface area (Å²) in [5.41, 5.74) is 2.62. The molecule has 0 radical (unpaired) electrons. The SMILES string of the molecule is C=CCC1C=CC2=C(C1=O)c1ccccc1C=CO2. The Bertz CT molecular complexity index is 632. The number of carbonyl (C=O) groups excluding carboxylic acids is 1. The first-order valence-electron chi connectivity index (χ1n) is 6.31. The molecule has 1 unspecified atom stereocenters. The molecule has 0 amide bonds. The molecule has 0 fully saturated rings. The van der Waals surface area contributed by atoms with E-state index >= 15 is 0 Å². The fraction of sp³-hybridized carbons (Fsp3) is 0.118. The van der Waals surface area contributed by atoms with Crippen molar-refractivity contribution in [1.82, 2.24) is 0 Å². The summed E-state index contributed by atoms with van der Waals surface area (Å²) >= 11 is 0. The molecule has 94 valence electrons. The van der Waals surface area contributed by atoms with Crippen LogP contribution in [0.5, 0.6) is 0 Å². The number of allylic oxidation sites excluding steroid dienone is 4. The zero-order chi connectivity index (χ0) is 13.2. The summed E-state index contributed by atoms with van der Waals surface area (Å²) in [5.74, 6) is 0.603. The lowest BCUT2D eigenvalue weighted by atomic mass is 9.84. The highest BCUT2D eigenvalue weighted by atomic mass is 16.5. The molecule has 1 aromatic carbocycles. The molecule has 3 rings (SSSR count). The third-order valence-corrected chi connectivity index (χ3v) is 3.40. The smallest absolute Gasteiger partial charge is 0.174 e. The maximum atomic E-state index is 12.6. The minimum Gasteiger partial charge on any atom is -0.464 e. The summed E-state index contributed by atoms with van der Waals surface area (Å²) in [6.07, 6.45) is 9.73. The Hall–Kier alpha value is -2.35. The van der Waals surface area contributed by atoms with Crippen molar-refractivity contribution in [2.24, 2.45) is 5.92 Å².